The molecule has 222 valence electrons. The Kier molecular flexibility index (Phi) is 9.11. The first-order chi connectivity index (χ1) is 19.0. The van der Waals surface area contributed by atoms with Gasteiger partial charge in [-0.25, -0.2) is 22.9 Å². The molecule has 3 aromatic heterocycles. The Labute approximate surface area is 235 Å². The van der Waals surface area contributed by atoms with E-state index in [4.69, 9.17) is 9.47 Å². The van der Waals surface area contributed by atoms with Crippen LogP contribution in [0.15, 0.2) is 41.6 Å². The monoisotopic (exact) mass is 597 g/mol. The maximum atomic E-state index is 13.6. The second-order valence-electron chi connectivity index (χ2n) is 9.80. The molecule has 0 aliphatic carbocycles. The smallest absolute Gasteiger partial charge is 0.421 e. The normalized spacial score (nSPS) is 13.0. The molecule has 0 fully saturated rings. The number of hydrogen-bond donors (Lipinski definition) is 1. The van der Waals surface area contributed by atoms with E-state index >= 15 is 0 Å². The van der Waals surface area contributed by atoms with Crippen LogP contribution in [0.1, 0.15) is 68.0 Å². The molecule has 0 aromatic carbocycles. The van der Waals surface area contributed by atoms with Gasteiger partial charge in [0.2, 0.25) is 11.8 Å². The first-order valence-corrected chi connectivity index (χ1v) is 14.1. The van der Waals surface area contributed by atoms with Crippen molar-refractivity contribution in [3.8, 4) is 11.8 Å². The van der Waals surface area contributed by atoms with Gasteiger partial charge in [0, 0.05) is 18.0 Å². The minimum absolute atomic E-state index is 0.000428. The van der Waals surface area contributed by atoms with Gasteiger partial charge in [0.1, 0.15) is 5.56 Å². The van der Waals surface area contributed by atoms with Gasteiger partial charge in [-0.15, -0.1) is 0 Å². The van der Waals surface area contributed by atoms with E-state index in [0.29, 0.717) is 0 Å². The molecule has 0 bridgehead atoms. The van der Waals surface area contributed by atoms with Gasteiger partial charge in [-0.05, 0) is 58.9 Å². The highest BCUT2D eigenvalue weighted by Gasteiger charge is 2.37. The molecular weight excluding hydrogens is 567 g/mol. The summed E-state index contributed by atoms with van der Waals surface area (Å²) >= 11 is 0. The molecule has 0 saturated carbocycles. The maximum absolute atomic E-state index is 13.6. The quantitative estimate of drug-likeness (QED) is 0.356. The van der Waals surface area contributed by atoms with Crippen molar-refractivity contribution in [2.75, 3.05) is 12.4 Å². The lowest BCUT2D eigenvalue weighted by Crippen LogP contribution is -2.36. The molecule has 1 atom stereocenters. The van der Waals surface area contributed by atoms with Crippen molar-refractivity contribution < 1.29 is 40.7 Å². The highest BCUT2D eigenvalue weighted by Crippen LogP contribution is 2.39. The van der Waals surface area contributed by atoms with Gasteiger partial charge in [-0.2, -0.15) is 18.3 Å². The van der Waals surface area contributed by atoms with Gasteiger partial charge in [0.25, 0.3) is 5.91 Å². The molecule has 3 heterocycles. The topological polar surface area (TPSA) is 142 Å². The van der Waals surface area contributed by atoms with E-state index in [0.717, 1.165) is 24.5 Å². The van der Waals surface area contributed by atoms with Gasteiger partial charge in [-0.3, -0.25) is 9.78 Å². The Hall–Kier alpha value is -4.01. The van der Waals surface area contributed by atoms with Crippen molar-refractivity contribution in [3.63, 3.8) is 0 Å². The maximum Gasteiger partial charge on any atom is 0.421 e. The minimum Gasteiger partial charge on any atom is -0.464 e. The van der Waals surface area contributed by atoms with Crippen LogP contribution in [0.3, 0.4) is 0 Å². The van der Waals surface area contributed by atoms with Crippen molar-refractivity contribution in [1.82, 2.24) is 25.1 Å². The summed E-state index contributed by atoms with van der Waals surface area (Å²) < 4.78 is 77.0. The highest BCUT2D eigenvalue weighted by molar-refractivity contribution is 7.91. The zero-order chi connectivity index (χ0) is 30.8. The summed E-state index contributed by atoms with van der Waals surface area (Å²) in [6.07, 6.45) is -2.54. The number of carbonyl (C=O) groups is 2. The number of pyridine rings is 2. The molecule has 3 rings (SSSR count). The zero-order valence-electron chi connectivity index (χ0n) is 23.2. The molecule has 1 N–H and O–H groups in total. The molecule has 0 saturated heterocycles. The number of hydrogen-bond acceptors (Lipinski definition) is 9. The van der Waals surface area contributed by atoms with E-state index in [1.807, 2.05) is 0 Å². The minimum atomic E-state index is -4.75. The van der Waals surface area contributed by atoms with Crippen LogP contribution in [0.5, 0.6) is 11.8 Å². The number of amides is 1. The number of rotatable bonds is 9. The zero-order valence-corrected chi connectivity index (χ0v) is 24.1. The van der Waals surface area contributed by atoms with E-state index in [2.05, 4.69) is 20.4 Å². The lowest BCUT2D eigenvalue weighted by atomic mass is 10.1. The largest absolute Gasteiger partial charge is 0.464 e. The predicted octanol–water partition coefficient (Wildman–Crippen LogP) is 4.38. The Morgan fingerprint density at radius 3 is 2.32 bits per heavy atom. The van der Waals surface area contributed by atoms with Gasteiger partial charge in [-0.1, -0.05) is 6.92 Å². The molecule has 1 unspecified atom stereocenters. The standard InChI is InChI=1S/C26H30F3N5O6S/c1-7-39-24(36)20(18-12-11-16(14-31-18)41(37,38)8-2)32-21(35)19-15(3)23(34(33-19)25(4,5)6)40-22-17(26(27,28)29)10-9-13-30-22/h9-14,20H,7-8H2,1-6H3,(H,32,35). The summed E-state index contributed by atoms with van der Waals surface area (Å²) in [6, 6.07) is 3.03. The molecule has 11 nitrogen and oxygen atoms in total. The van der Waals surface area contributed by atoms with Crippen LogP contribution < -0.4 is 10.1 Å². The third kappa shape index (κ3) is 7.01. The molecule has 0 aliphatic rings. The number of carbonyl (C=O) groups excluding carboxylic acids is 2. The number of sulfone groups is 1. The van der Waals surface area contributed by atoms with Crippen LogP contribution in [0.2, 0.25) is 0 Å². The number of esters is 1. The third-order valence-corrected chi connectivity index (χ3v) is 7.50. The van der Waals surface area contributed by atoms with E-state index < -0.39 is 50.9 Å². The van der Waals surface area contributed by atoms with E-state index in [1.54, 1.807) is 27.7 Å². The van der Waals surface area contributed by atoms with Crippen LogP contribution in [-0.2, 0) is 31.1 Å². The Balaban J connectivity index is 2.04. The van der Waals surface area contributed by atoms with Crippen molar-refractivity contribution >= 4 is 21.7 Å². The summed E-state index contributed by atoms with van der Waals surface area (Å²) in [6.45, 7) is 9.55. The van der Waals surface area contributed by atoms with Gasteiger partial charge in [0.05, 0.1) is 28.5 Å². The lowest BCUT2D eigenvalue weighted by Gasteiger charge is -2.22. The second-order valence-corrected chi connectivity index (χ2v) is 12.1. The van der Waals surface area contributed by atoms with Gasteiger partial charge >= 0.3 is 12.1 Å². The summed E-state index contributed by atoms with van der Waals surface area (Å²) in [5, 5.41) is 6.78. The number of halogens is 3. The fraction of sp³-hybridized carbons (Fsp3) is 0.423. The first-order valence-electron chi connectivity index (χ1n) is 12.5. The number of ether oxygens (including phenoxy) is 2. The fourth-order valence-electron chi connectivity index (χ4n) is 3.64. The Morgan fingerprint density at radius 1 is 1.10 bits per heavy atom. The number of aromatic nitrogens is 4. The Morgan fingerprint density at radius 2 is 1.78 bits per heavy atom. The van der Waals surface area contributed by atoms with Crippen LogP contribution in [0.25, 0.3) is 0 Å². The summed E-state index contributed by atoms with van der Waals surface area (Å²) in [5.41, 5.74) is -2.13. The van der Waals surface area contributed by atoms with Gasteiger partial charge < -0.3 is 14.8 Å². The van der Waals surface area contributed by atoms with Crippen molar-refractivity contribution in [1.29, 1.82) is 0 Å². The van der Waals surface area contributed by atoms with Crippen LogP contribution >= 0.6 is 0 Å². The molecule has 41 heavy (non-hydrogen) atoms. The van der Waals surface area contributed by atoms with Crippen LogP contribution in [0.4, 0.5) is 13.2 Å². The third-order valence-electron chi connectivity index (χ3n) is 5.78. The van der Waals surface area contributed by atoms with Crippen molar-refractivity contribution in [2.24, 2.45) is 0 Å². The van der Waals surface area contributed by atoms with Gasteiger partial charge in [0.15, 0.2) is 21.6 Å². The molecular formula is C26H30F3N5O6S. The fourth-order valence-corrected chi connectivity index (χ4v) is 4.46. The van der Waals surface area contributed by atoms with Crippen LogP contribution in [0, 0.1) is 6.92 Å². The summed E-state index contributed by atoms with van der Waals surface area (Å²) in [7, 11) is -3.57. The molecule has 15 heteroatoms. The predicted molar refractivity (Wildman–Crippen MR) is 140 cm³/mol. The highest BCUT2D eigenvalue weighted by atomic mass is 32.2. The summed E-state index contributed by atoms with van der Waals surface area (Å²) in [4.78, 5) is 33.9. The molecule has 3 aromatic rings. The van der Waals surface area contributed by atoms with E-state index in [1.165, 1.54) is 30.7 Å². The molecule has 0 radical (unpaired) electrons. The molecule has 0 aliphatic heterocycles. The van der Waals surface area contributed by atoms with E-state index in [-0.39, 0.29) is 40.1 Å². The Bertz CT molecular complexity index is 1530. The molecule has 0 spiro atoms. The second kappa shape index (κ2) is 11.8. The van der Waals surface area contributed by atoms with Crippen LogP contribution in [-0.4, -0.2) is 52.4 Å². The number of alkyl halides is 3. The van der Waals surface area contributed by atoms with Crippen molar-refractivity contribution in [2.45, 2.75) is 64.2 Å². The lowest BCUT2D eigenvalue weighted by molar-refractivity contribution is -0.145. The first kappa shape index (κ1) is 31.5. The number of nitrogens with one attached hydrogen (secondary N) is 1. The SMILES string of the molecule is CCOC(=O)C(NC(=O)c1nn(C(C)(C)C)c(Oc2ncccc2C(F)(F)F)c1C)c1ccc(S(=O)(=O)CC)cn1. The average Bonchev–Trinajstić information content (AvgIpc) is 3.23. The van der Waals surface area contributed by atoms with Crippen molar-refractivity contribution in [3.05, 3.63) is 59.2 Å². The van der Waals surface area contributed by atoms with E-state index in [9.17, 15) is 31.2 Å². The average molecular weight is 598 g/mol. The number of nitrogens with zero attached hydrogens (tertiary/aromatic N) is 4. The summed E-state index contributed by atoms with van der Waals surface area (Å²) in [5.74, 6) is -2.79. The molecule has 1 amide bonds.